The van der Waals surface area contributed by atoms with E-state index < -0.39 is 0 Å². The van der Waals surface area contributed by atoms with Gasteiger partial charge in [-0.05, 0) is 39.5 Å². The summed E-state index contributed by atoms with van der Waals surface area (Å²) < 4.78 is 5.71. The largest absolute Gasteiger partial charge is 0.375 e. The number of rotatable bonds is 2. The topological polar surface area (TPSA) is 41.9 Å². The Hall–Kier alpha value is -0.900. The number of ether oxygens (including phenoxy) is 1. The van der Waals surface area contributed by atoms with E-state index in [1.165, 1.54) is 12.8 Å². The van der Waals surface area contributed by atoms with Crippen molar-refractivity contribution in [3.8, 4) is 0 Å². The summed E-state index contributed by atoms with van der Waals surface area (Å²) in [4.78, 5) is 12.1. The van der Waals surface area contributed by atoms with Crippen LogP contribution < -0.4 is 0 Å². The fourth-order valence-corrected chi connectivity index (χ4v) is 2.95. The molecule has 4 nitrogen and oxygen atoms in total. The summed E-state index contributed by atoms with van der Waals surface area (Å²) in [6.45, 7) is 7.12. The van der Waals surface area contributed by atoms with Crippen LogP contribution in [0.1, 0.15) is 52.9 Å². The third-order valence-electron chi connectivity index (χ3n) is 4.52. The molecular weight excluding hydrogens is 228 g/mol. The second-order valence-corrected chi connectivity index (χ2v) is 6.78. The molecule has 2 fully saturated rings. The molecule has 1 saturated carbocycles. The van der Waals surface area contributed by atoms with Crippen molar-refractivity contribution in [1.82, 2.24) is 5.01 Å². The predicted octanol–water partition coefficient (Wildman–Crippen LogP) is 2.33. The molecule has 0 spiro atoms. The van der Waals surface area contributed by atoms with E-state index in [2.05, 4.69) is 25.9 Å². The fraction of sp³-hybridized carbons (Fsp3) is 0.857. The molecule has 3 rings (SSSR count). The number of hydrazone groups is 1. The smallest absolute Gasteiger partial charge is 0.248 e. The molecule has 2 heterocycles. The van der Waals surface area contributed by atoms with Crippen molar-refractivity contribution in [3.05, 3.63) is 0 Å². The maximum Gasteiger partial charge on any atom is 0.248 e. The summed E-state index contributed by atoms with van der Waals surface area (Å²) in [6, 6.07) is 0.223. The first-order valence-electron chi connectivity index (χ1n) is 6.94. The van der Waals surface area contributed by atoms with E-state index in [4.69, 9.17) is 4.74 Å². The van der Waals surface area contributed by atoms with Crippen LogP contribution in [-0.4, -0.2) is 34.9 Å². The van der Waals surface area contributed by atoms with Gasteiger partial charge in [0.25, 0.3) is 0 Å². The van der Waals surface area contributed by atoms with Gasteiger partial charge < -0.3 is 4.74 Å². The lowest BCUT2D eigenvalue weighted by molar-refractivity contribution is -0.137. The zero-order valence-corrected chi connectivity index (χ0v) is 11.5. The first-order chi connectivity index (χ1) is 8.40. The third-order valence-corrected chi connectivity index (χ3v) is 4.52. The summed E-state index contributed by atoms with van der Waals surface area (Å²) in [5.74, 6) is 0.181. The van der Waals surface area contributed by atoms with E-state index in [1.54, 1.807) is 5.01 Å². The first kappa shape index (κ1) is 12.2. The molecule has 1 aliphatic carbocycles. The minimum atomic E-state index is -0.134. The molecule has 0 N–H and O–H groups in total. The Morgan fingerprint density at radius 1 is 1.33 bits per heavy atom. The molecule has 1 saturated heterocycles. The van der Waals surface area contributed by atoms with Crippen molar-refractivity contribution in [3.63, 3.8) is 0 Å². The molecule has 3 aliphatic rings. The van der Waals surface area contributed by atoms with Crippen molar-refractivity contribution in [1.29, 1.82) is 0 Å². The minimum absolute atomic E-state index is 0.134. The molecule has 0 bridgehead atoms. The first-order valence-corrected chi connectivity index (χ1v) is 6.94. The summed E-state index contributed by atoms with van der Waals surface area (Å²) in [6.07, 6.45) is 4.70. The number of amides is 1. The van der Waals surface area contributed by atoms with Crippen LogP contribution in [-0.2, 0) is 9.53 Å². The maximum absolute atomic E-state index is 12.1. The second kappa shape index (κ2) is 3.80. The molecule has 1 amide bonds. The van der Waals surface area contributed by atoms with Crippen molar-refractivity contribution < 1.29 is 9.53 Å². The van der Waals surface area contributed by atoms with Gasteiger partial charge in [-0.25, -0.2) is 5.01 Å². The van der Waals surface area contributed by atoms with Gasteiger partial charge in [0.2, 0.25) is 5.91 Å². The normalized spacial score (nSPS) is 33.5. The highest BCUT2D eigenvalue weighted by Crippen LogP contribution is 2.49. The van der Waals surface area contributed by atoms with E-state index in [0.29, 0.717) is 6.42 Å². The zero-order chi connectivity index (χ0) is 13.0. The Balaban J connectivity index is 1.76. The molecule has 1 atom stereocenters. The van der Waals surface area contributed by atoms with Crippen LogP contribution in [0.5, 0.6) is 0 Å². The molecule has 0 aromatic carbocycles. The van der Waals surface area contributed by atoms with Gasteiger partial charge in [-0.15, -0.1) is 0 Å². The van der Waals surface area contributed by atoms with E-state index in [9.17, 15) is 4.79 Å². The summed E-state index contributed by atoms with van der Waals surface area (Å²) in [5, 5.41) is 6.39. The minimum Gasteiger partial charge on any atom is -0.375 e. The second-order valence-electron chi connectivity index (χ2n) is 6.78. The Morgan fingerprint density at radius 3 is 2.67 bits per heavy atom. The lowest BCUT2D eigenvalue weighted by atomic mass is 9.93. The van der Waals surface area contributed by atoms with Crippen LogP contribution >= 0.6 is 0 Å². The lowest BCUT2D eigenvalue weighted by Crippen LogP contribution is -2.44. The predicted molar refractivity (Wildman–Crippen MR) is 69.3 cm³/mol. The highest BCUT2D eigenvalue weighted by molar-refractivity contribution is 6.08. The van der Waals surface area contributed by atoms with Crippen molar-refractivity contribution in [2.45, 2.75) is 64.5 Å². The highest BCUT2D eigenvalue weighted by Gasteiger charge is 2.47. The Morgan fingerprint density at radius 2 is 2.06 bits per heavy atom. The van der Waals surface area contributed by atoms with Crippen molar-refractivity contribution >= 4 is 11.6 Å². The Bertz CT molecular complexity index is 410. The monoisotopic (exact) mass is 250 g/mol. The molecule has 1 unspecified atom stereocenters. The quantitative estimate of drug-likeness (QED) is 0.755. The molecule has 18 heavy (non-hydrogen) atoms. The van der Waals surface area contributed by atoms with E-state index >= 15 is 0 Å². The van der Waals surface area contributed by atoms with Gasteiger partial charge in [0.05, 0.1) is 23.8 Å². The SMILES string of the molecule is CC1(C)CC(N2N=C(C3(C)CC3)CC2=O)CCO1. The van der Waals surface area contributed by atoms with Crippen LogP contribution in [0, 0.1) is 5.41 Å². The van der Waals surface area contributed by atoms with Crippen molar-refractivity contribution in [2.75, 3.05) is 6.61 Å². The van der Waals surface area contributed by atoms with Crippen LogP contribution in [0.3, 0.4) is 0 Å². The van der Waals surface area contributed by atoms with E-state index in [1.807, 2.05) is 0 Å². The van der Waals surface area contributed by atoms with Crippen LogP contribution in [0.4, 0.5) is 0 Å². The van der Waals surface area contributed by atoms with E-state index in [0.717, 1.165) is 25.2 Å². The van der Waals surface area contributed by atoms with E-state index in [-0.39, 0.29) is 23.0 Å². The Labute approximate surface area is 108 Å². The number of carbonyl (C=O) groups is 1. The molecular formula is C14H22N2O2. The van der Waals surface area contributed by atoms with Crippen LogP contribution in [0.25, 0.3) is 0 Å². The van der Waals surface area contributed by atoms with Gasteiger partial charge in [-0.3, -0.25) is 4.79 Å². The van der Waals surface area contributed by atoms with Gasteiger partial charge in [-0.1, -0.05) is 6.92 Å². The molecule has 100 valence electrons. The number of hydrogen-bond donors (Lipinski definition) is 0. The van der Waals surface area contributed by atoms with Crippen molar-refractivity contribution in [2.24, 2.45) is 10.5 Å². The number of hydrogen-bond acceptors (Lipinski definition) is 3. The molecule has 0 radical (unpaired) electrons. The Kier molecular flexibility index (Phi) is 2.56. The highest BCUT2D eigenvalue weighted by atomic mass is 16.5. The third kappa shape index (κ3) is 2.07. The number of nitrogens with zero attached hydrogens (tertiary/aromatic N) is 2. The van der Waals surface area contributed by atoms with Gasteiger partial charge >= 0.3 is 0 Å². The lowest BCUT2D eigenvalue weighted by Gasteiger charge is -2.38. The maximum atomic E-state index is 12.1. The van der Waals surface area contributed by atoms with Crippen LogP contribution in [0.2, 0.25) is 0 Å². The van der Waals surface area contributed by atoms with Gasteiger partial charge in [-0.2, -0.15) is 5.10 Å². The standard InChI is InChI=1S/C14H22N2O2/c1-13(2)9-10(4-7-18-13)16-12(17)8-11(15-16)14(3)5-6-14/h10H,4-9H2,1-3H3. The summed E-state index contributed by atoms with van der Waals surface area (Å²) in [5.41, 5.74) is 1.20. The average Bonchev–Trinajstić information content (AvgIpc) is 2.89. The molecule has 2 aliphatic heterocycles. The summed E-state index contributed by atoms with van der Waals surface area (Å²) >= 11 is 0. The number of carbonyl (C=O) groups excluding carboxylic acids is 1. The fourth-order valence-electron chi connectivity index (χ4n) is 2.95. The summed E-state index contributed by atoms with van der Waals surface area (Å²) in [7, 11) is 0. The molecule has 0 aromatic rings. The molecule has 4 heteroatoms. The zero-order valence-electron chi connectivity index (χ0n) is 11.5. The van der Waals surface area contributed by atoms with Gasteiger partial charge in [0.1, 0.15) is 0 Å². The average molecular weight is 250 g/mol. The van der Waals surface area contributed by atoms with Gasteiger partial charge in [0, 0.05) is 12.0 Å². The van der Waals surface area contributed by atoms with Crippen LogP contribution in [0.15, 0.2) is 5.10 Å². The molecule has 0 aromatic heterocycles. The van der Waals surface area contributed by atoms with Gasteiger partial charge in [0.15, 0.2) is 0 Å².